The van der Waals surface area contributed by atoms with E-state index in [4.69, 9.17) is 10.2 Å². The predicted molar refractivity (Wildman–Crippen MR) is 75.0 cm³/mol. The summed E-state index contributed by atoms with van der Waals surface area (Å²) in [7, 11) is 0. The molecule has 0 saturated heterocycles. The Morgan fingerprint density at radius 2 is 1.71 bits per heavy atom. The molecule has 1 aromatic carbocycles. The first-order valence-corrected chi connectivity index (χ1v) is 6.51. The highest BCUT2D eigenvalue weighted by molar-refractivity contribution is 5.97. The van der Waals surface area contributed by atoms with Crippen molar-refractivity contribution in [2.24, 2.45) is 11.8 Å². The van der Waals surface area contributed by atoms with Crippen LogP contribution in [0, 0.1) is 11.8 Å². The molecule has 3 N–H and O–H groups in total. The average Bonchev–Trinajstić information content (AvgIpc) is 2.47. The van der Waals surface area contributed by atoms with E-state index in [0.717, 1.165) is 0 Å². The fourth-order valence-corrected chi connectivity index (χ4v) is 2.34. The fourth-order valence-electron chi connectivity index (χ4n) is 2.34. The summed E-state index contributed by atoms with van der Waals surface area (Å²) < 4.78 is 0. The minimum atomic E-state index is -1.09. The van der Waals surface area contributed by atoms with E-state index >= 15 is 0 Å². The number of allylic oxidation sites excluding steroid dienone is 2. The zero-order valence-corrected chi connectivity index (χ0v) is 11.2. The van der Waals surface area contributed by atoms with Crippen molar-refractivity contribution in [1.82, 2.24) is 0 Å². The van der Waals surface area contributed by atoms with E-state index in [1.54, 1.807) is 18.2 Å². The van der Waals surface area contributed by atoms with Gasteiger partial charge < -0.3 is 15.5 Å². The average molecular weight is 289 g/mol. The third kappa shape index (κ3) is 3.47. The molecule has 0 fully saturated rings. The summed E-state index contributed by atoms with van der Waals surface area (Å²) in [5.41, 5.74) is 0.407. The summed E-state index contributed by atoms with van der Waals surface area (Å²) >= 11 is 0. The zero-order chi connectivity index (χ0) is 15.4. The molecule has 1 aliphatic carbocycles. The van der Waals surface area contributed by atoms with Crippen LogP contribution >= 0.6 is 0 Å². The van der Waals surface area contributed by atoms with Crippen molar-refractivity contribution < 1.29 is 24.6 Å². The van der Waals surface area contributed by atoms with E-state index in [2.05, 4.69) is 5.32 Å². The van der Waals surface area contributed by atoms with Crippen LogP contribution in [-0.4, -0.2) is 28.1 Å². The summed E-state index contributed by atoms with van der Waals surface area (Å²) in [6.45, 7) is 0. The summed E-state index contributed by atoms with van der Waals surface area (Å²) in [5, 5.41) is 20.6. The number of rotatable bonds is 4. The van der Waals surface area contributed by atoms with Crippen molar-refractivity contribution in [3.63, 3.8) is 0 Å². The molecule has 1 aromatic rings. The van der Waals surface area contributed by atoms with Crippen LogP contribution in [0.15, 0.2) is 36.4 Å². The normalized spacial score (nSPS) is 20.8. The molecule has 2 rings (SSSR count). The van der Waals surface area contributed by atoms with Gasteiger partial charge in [-0.25, -0.2) is 4.79 Å². The molecule has 1 aliphatic rings. The van der Waals surface area contributed by atoms with Gasteiger partial charge in [-0.1, -0.05) is 18.2 Å². The Kier molecular flexibility index (Phi) is 4.37. The van der Waals surface area contributed by atoms with Gasteiger partial charge in [-0.2, -0.15) is 0 Å². The Morgan fingerprint density at radius 3 is 2.33 bits per heavy atom. The molecule has 110 valence electrons. The molecule has 0 aliphatic heterocycles. The molecule has 0 heterocycles. The Bertz CT molecular complexity index is 608. The molecule has 21 heavy (non-hydrogen) atoms. The van der Waals surface area contributed by atoms with Crippen LogP contribution in [0.25, 0.3) is 0 Å². The summed E-state index contributed by atoms with van der Waals surface area (Å²) in [5.74, 6) is -3.90. The lowest BCUT2D eigenvalue weighted by atomic mass is 9.82. The van der Waals surface area contributed by atoms with Gasteiger partial charge in [0, 0.05) is 5.69 Å². The molecule has 1 amide bonds. The number of nitrogens with one attached hydrogen (secondary N) is 1. The summed E-state index contributed by atoms with van der Waals surface area (Å²) in [6, 6.07) is 5.85. The number of carbonyl (C=O) groups is 3. The zero-order valence-electron chi connectivity index (χ0n) is 11.2. The van der Waals surface area contributed by atoms with Crippen LogP contribution in [-0.2, 0) is 9.59 Å². The van der Waals surface area contributed by atoms with Gasteiger partial charge in [-0.05, 0) is 31.0 Å². The van der Waals surface area contributed by atoms with Crippen LogP contribution in [0.2, 0.25) is 0 Å². The maximum Gasteiger partial charge on any atom is 0.335 e. The fraction of sp³-hybridized carbons (Fsp3) is 0.267. The maximum atomic E-state index is 12.2. The van der Waals surface area contributed by atoms with Gasteiger partial charge in [0.25, 0.3) is 0 Å². The highest BCUT2D eigenvalue weighted by atomic mass is 16.4. The minimum absolute atomic E-state index is 0.0612. The molecule has 2 atom stereocenters. The molecule has 0 saturated carbocycles. The van der Waals surface area contributed by atoms with Gasteiger partial charge in [-0.15, -0.1) is 0 Å². The van der Waals surface area contributed by atoms with Crippen LogP contribution in [0.3, 0.4) is 0 Å². The standard InChI is InChI=1S/C15H15NO5/c17-13(11-6-1-2-7-12(11)15(20)21)16-10-5-3-4-9(8-10)14(18)19/h1-5,8,11-12H,6-7H2,(H,16,17)(H,18,19)(H,20,21)/t11-,12-/m1/s1. The van der Waals surface area contributed by atoms with E-state index in [0.29, 0.717) is 18.5 Å². The number of carboxylic acid groups (broad SMARTS) is 2. The summed E-state index contributed by atoms with van der Waals surface area (Å²) in [6.07, 6.45) is 4.23. The number of carboxylic acids is 2. The molecule has 0 aromatic heterocycles. The molecule has 6 heteroatoms. The molecule has 6 nitrogen and oxygen atoms in total. The smallest absolute Gasteiger partial charge is 0.335 e. The van der Waals surface area contributed by atoms with Gasteiger partial charge in [0.15, 0.2) is 0 Å². The van der Waals surface area contributed by atoms with Gasteiger partial charge in [0.05, 0.1) is 17.4 Å². The van der Waals surface area contributed by atoms with Gasteiger partial charge in [0.2, 0.25) is 5.91 Å². The van der Waals surface area contributed by atoms with Gasteiger partial charge in [0.1, 0.15) is 0 Å². The topological polar surface area (TPSA) is 104 Å². The van der Waals surface area contributed by atoms with Gasteiger partial charge >= 0.3 is 11.9 Å². The first-order chi connectivity index (χ1) is 9.99. The first kappa shape index (κ1) is 14.8. The van der Waals surface area contributed by atoms with Crippen molar-refractivity contribution in [2.75, 3.05) is 5.32 Å². The number of hydrogen-bond donors (Lipinski definition) is 3. The third-order valence-corrected chi connectivity index (χ3v) is 3.46. The van der Waals surface area contributed by atoms with Crippen LogP contribution in [0.4, 0.5) is 5.69 Å². The Balaban J connectivity index is 2.13. The quantitative estimate of drug-likeness (QED) is 0.735. The number of amides is 1. The third-order valence-electron chi connectivity index (χ3n) is 3.46. The Labute approximate surface area is 121 Å². The predicted octanol–water partition coefficient (Wildman–Crippen LogP) is 1.99. The number of hydrogen-bond acceptors (Lipinski definition) is 3. The first-order valence-electron chi connectivity index (χ1n) is 6.51. The van der Waals surface area contributed by atoms with E-state index in [-0.39, 0.29) is 5.56 Å². The van der Waals surface area contributed by atoms with E-state index in [9.17, 15) is 14.4 Å². The molecule has 0 bridgehead atoms. The second kappa shape index (κ2) is 6.21. The molecule has 0 radical (unpaired) electrons. The van der Waals surface area contributed by atoms with Crippen molar-refractivity contribution >= 4 is 23.5 Å². The van der Waals surface area contributed by atoms with E-state index < -0.39 is 29.7 Å². The number of carbonyl (C=O) groups excluding carboxylic acids is 1. The van der Waals surface area contributed by atoms with E-state index in [1.165, 1.54) is 18.2 Å². The number of aromatic carboxylic acids is 1. The van der Waals surface area contributed by atoms with Crippen molar-refractivity contribution in [1.29, 1.82) is 0 Å². The molecular formula is C15H15NO5. The lowest BCUT2D eigenvalue weighted by Crippen LogP contribution is -2.34. The Hall–Kier alpha value is -2.63. The number of anilines is 1. The SMILES string of the molecule is O=C(O)c1cccc(NC(=O)[C@@H]2CC=CC[C@H]2C(=O)O)c1. The van der Waals surface area contributed by atoms with Crippen molar-refractivity contribution in [3.05, 3.63) is 42.0 Å². The number of aliphatic carboxylic acids is 1. The second-order valence-electron chi connectivity index (χ2n) is 4.87. The summed E-state index contributed by atoms with van der Waals surface area (Å²) in [4.78, 5) is 34.3. The second-order valence-corrected chi connectivity index (χ2v) is 4.87. The lowest BCUT2D eigenvalue weighted by Gasteiger charge is -2.24. The highest BCUT2D eigenvalue weighted by Crippen LogP contribution is 2.27. The number of benzene rings is 1. The Morgan fingerprint density at radius 1 is 1.05 bits per heavy atom. The van der Waals surface area contributed by atoms with E-state index in [1.807, 2.05) is 0 Å². The maximum absolute atomic E-state index is 12.2. The molecular weight excluding hydrogens is 274 g/mol. The van der Waals surface area contributed by atoms with Crippen LogP contribution in [0.1, 0.15) is 23.2 Å². The van der Waals surface area contributed by atoms with Crippen LogP contribution < -0.4 is 5.32 Å². The highest BCUT2D eigenvalue weighted by Gasteiger charge is 2.33. The largest absolute Gasteiger partial charge is 0.481 e. The minimum Gasteiger partial charge on any atom is -0.481 e. The van der Waals surface area contributed by atoms with Crippen LogP contribution in [0.5, 0.6) is 0 Å². The lowest BCUT2D eigenvalue weighted by molar-refractivity contribution is -0.146. The monoisotopic (exact) mass is 289 g/mol. The van der Waals surface area contributed by atoms with Crippen molar-refractivity contribution in [2.45, 2.75) is 12.8 Å². The van der Waals surface area contributed by atoms with Gasteiger partial charge in [-0.3, -0.25) is 9.59 Å². The molecule has 0 unspecified atom stereocenters. The van der Waals surface area contributed by atoms with Crippen molar-refractivity contribution in [3.8, 4) is 0 Å². The molecule has 0 spiro atoms.